The smallest absolute Gasteiger partial charge is 0.337 e. The van der Waals surface area contributed by atoms with Gasteiger partial charge in [-0.3, -0.25) is 4.79 Å². The average Bonchev–Trinajstić information content (AvgIpc) is 2.61. The number of hydrogen-bond donors (Lipinski definition) is 2. The molecule has 0 unspecified atom stereocenters. The van der Waals surface area contributed by atoms with Crippen LogP contribution in [0.3, 0.4) is 0 Å². The number of H-pyrrole nitrogens is 1. The predicted molar refractivity (Wildman–Crippen MR) is 99.4 cm³/mol. The van der Waals surface area contributed by atoms with Gasteiger partial charge in [-0.05, 0) is 41.8 Å². The molecule has 2 N–H and O–H groups in total. The summed E-state index contributed by atoms with van der Waals surface area (Å²) in [5.74, 6) is -1.13. The van der Waals surface area contributed by atoms with Gasteiger partial charge in [0.1, 0.15) is 11.6 Å². The topological polar surface area (TPSA) is 93.9 Å². The van der Waals surface area contributed by atoms with Crippen molar-refractivity contribution in [1.82, 2.24) is 4.98 Å². The van der Waals surface area contributed by atoms with Crippen LogP contribution in [0.5, 0.6) is 0 Å². The van der Waals surface area contributed by atoms with Crippen molar-refractivity contribution >= 4 is 17.6 Å². The number of carbonyl (C=O) groups is 1. The molecule has 0 radical (unpaired) electrons. The van der Waals surface area contributed by atoms with E-state index in [1.807, 2.05) is 12.1 Å². The number of hydrogen-bond acceptors (Lipinski definition) is 3. The van der Waals surface area contributed by atoms with E-state index in [2.05, 4.69) is 4.98 Å². The van der Waals surface area contributed by atoms with Gasteiger partial charge >= 0.3 is 5.97 Å². The Bertz CT molecular complexity index is 1130. The van der Waals surface area contributed by atoms with E-state index in [4.69, 9.17) is 11.6 Å². The normalized spacial score (nSPS) is 10.3. The molecule has 0 fully saturated rings. The molecule has 26 heavy (non-hydrogen) atoms. The summed E-state index contributed by atoms with van der Waals surface area (Å²) in [6, 6.07) is 15.6. The van der Waals surface area contributed by atoms with Gasteiger partial charge in [0, 0.05) is 11.3 Å². The highest BCUT2D eigenvalue weighted by atomic mass is 35.5. The minimum Gasteiger partial charge on any atom is -0.478 e. The predicted octanol–water partition coefficient (Wildman–Crippen LogP) is 4.24. The minimum absolute atomic E-state index is 0.00970. The van der Waals surface area contributed by atoms with E-state index in [0.29, 0.717) is 27.9 Å². The largest absolute Gasteiger partial charge is 0.478 e. The Morgan fingerprint density at radius 1 is 1.12 bits per heavy atom. The lowest BCUT2D eigenvalue weighted by molar-refractivity contribution is 0.0697. The number of benzene rings is 2. The maximum atomic E-state index is 12.1. The minimum atomic E-state index is -1.13. The number of nitrogens with zero attached hydrogens (tertiary/aromatic N) is 1. The van der Waals surface area contributed by atoms with Gasteiger partial charge < -0.3 is 10.1 Å². The first kappa shape index (κ1) is 17.5. The van der Waals surface area contributed by atoms with Gasteiger partial charge in [0.15, 0.2) is 0 Å². The van der Waals surface area contributed by atoms with Gasteiger partial charge in [-0.1, -0.05) is 41.9 Å². The van der Waals surface area contributed by atoms with Crippen LogP contribution in [0.4, 0.5) is 0 Å². The standard InChI is InChI=1S/C20H13ClN2O3/c1-11-8-15(17(10-22)19(24)23-11)14-5-3-2-4-13(14)12-6-7-18(21)16(9-12)20(25)26/h2-9H,1H3,(H,23,24)(H,25,26). The monoisotopic (exact) mass is 364 g/mol. The van der Waals surface area contributed by atoms with E-state index >= 15 is 0 Å². The molecule has 6 heteroatoms. The van der Waals surface area contributed by atoms with Crippen molar-refractivity contribution in [2.45, 2.75) is 6.92 Å². The Balaban J connectivity index is 2.31. The molecule has 0 spiro atoms. The maximum Gasteiger partial charge on any atom is 0.337 e. The highest BCUT2D eigenvalue weighted by Crippen LogP contribution is 2.34. The van der Waals surface area contributed by atoms with E-state index in [9.17, 15) is 20.0 Å². The molecule has 128 valence electrons. The fourth-order valence-corrected chi connectivity index (χ4v) is 3.04. The molecule has 3 aromatic rings. The van der Waals surface area contributed by atoms with Crippen molar-refractivity contribution in [2.24, 2.45) is 0 Å². The number of halogens is 1. The van der Waals surface area contributed by atoms with Crippen LogP contribution >= 0.6 is 11.6 Å². The lowest BCUT2D eigenvalue weighted by atomic mass is 9.92. The lowest BCUT2D eigenvalue weighted by Gasteiger charge is -2.13. The molecule has 0 bridgehead atoms. The van der Waals surface area contributed by atoms with Crippen LogP contribution in [-0.2, 0) is 0 Å². The summed E-state index contributed by atoms with van der Waals surface area (Å²) in [6.07, 6.45) is 0. The second-order valence-corrected chi connectivity index (χ2v) is 6.13. The highest BCUT2D eigenvalue weighted by molar-refractivity contribution is 6.33. The maximum absolute atomic E-state index is 12.1. The highest BCUT2D eigenvalue weighted by Gasteiger charge is 2.16. The zero-order chi connectivity index (χ0) is 18.8. The van der Waals surface area contributed by atoms with Gasteiger partial charge in [-0.25, -0.2) is 4.79 Å². The Kier molecular flexibility index (Phi) is 4.61. The zero-order valence-electron chi connectivity index (χ0n) is 13.7. The molecule has 0 saturated carbocycles. The number of aryl methyl sites for hydroxylation is 1. The van der Waals surface area contributed by atoms with Crippen LogP contribution in [0.25, 0.3) is 22.3 Å². The lowest BCUT2D eigenvalue weighted by Crippen LogP contribution is -2.13. The van der Waals surface area contributed by atoms with E-state index < -0.39 is 11.5 Å². The van der Waals surface area contributed by atoms with Crippen molar-refractivity contribution in [3.05, 3.63) is 80.7 Å². The Hall–Kier alpha value is -3.36. The number of aromatic amines is 1. The number of carboxylic acids is 1. The Labute approximate surface area is 154 Å². The molecule has 0 aliphatic heterocycles. The third-order valence-electron chi connectivity index (χ3n) is 4.00. The Morgan fingerprint density at radius 2 is 1.81 bits per heavy atom. The fourth-order valence-electron chi connectivity index (χ4n) is 2.84. The summed E-state index contributed by atoms with van der Waals surface area (Å²) in [7, 11) is 0. The quantitative estimate of drug-likeness (QED) is 0.726. The van der Waals surface area contributed by atoms with Crippen molar-refractivity contribution in [3.63, 3.8) is 0 Å². The van der Waals surface area contributed by atoms with E-state index in [1.54, 1.807) is 37.3 Å². The second kappa shape index (κ2) is 6.87. The molecule has 2 aromatic carbocycles. The first-order valence-corrected chi connectivity index (χ1v) is 8.07. The molecule has 0 saturated heterocycles. The number of carboxylic acid groups (broad SMARTS) is 1. The molecule has 0 atom stereocenters. The summed E-state index contributed by atoms with van der Waals surface area (Å²) < 4.78 is 0. The first-order valence-electron chi connectivity index (χ1n) is 7.69. The van der Waals surface area contributed by atoms with E-state index in [1.165, 1.54) is 12.1 Å². The van der Waals surface area contributed by atoms with E-state index in [-0.39, 0.29) is 16.1 Å². The molecular formula is C20H13ClN2O3. The average molecular weight is 365 g/mol. The molecule has 3 rings (SSSR count). The van der Waals surface area contributed by atoms with Gasteiger partial charge in [-0.2, -0.15) is 5.26 Å². The molecule has 0 aliphatic rings. The van der Waals surface area contributed by atoms with Crippen LogP contribution in [0.2, 0.25) is 5.02 Å². The fraction of sp³-hybridized carbons (Fsp3) is 0.0500. The molecule has 1 heterocycles. The van der Waals surface area contributed by atoms with Crippen molar-refractivity contribution in [2.75, 3.05) is 0 Å². The third kappa shape index (κ3) is 3.10. The van der Waals surface area contributed by atoms with Crippen LogP contribution in [-0.4, -0.2) is 16.1 Å². The number of nitriles is 1. The SMILES string of the molecule is Cc1cc(-c2ccccc2-c2ccc(Cl)c(C(=O)O)c2)c(C#N)c(=O)[nH]1. The number of pyridine rings is 1. The van der Waals surface area contributed by atoms with Gasteiger partial charge in [0.05, 0.1) is 10.6 Å². The summed E-state index contributed by atoms with van der Waals surface area (Å²) in [6.45, 7) is 1.74. The molecule has 5 nitrogen and oxygen atoms in total. The number of aromatic nitrogens is 1. The van der Waals surface area contributed by atoms with Crippen LogP contribution in [0.15, 0.2) is 53.3 Å². The zero-order valence-corrected chi connectivity index (χ0v) is 14.5. The first-order chi connectivity index (χ1) is 12.4. The second-order valence-electron chi connectivity index (χ2n) is 5.73. The summed E-state index contributed by atoms with van der Waals surface area (Å²) in [5, 5.41) is 18.8. The summed E-state index contributed by atoms with van der Waals surface area (Å²) in [5.41, 5.74) is 2.66. The summed E-state index contributed by atoms with van der Waals surface area (Å²) >= 11 is 5.96. The van der Waals surface area contributed by atoms with Crippen LogP contribution in [0, 0.1) is 18.3 Å². The summed E-state index contributed by atoms with van der Waals surface area (Å²) in [4.78, 5) is 26.1. The van der Waals surface area contributed by atoms with Crippen molar-refractivity contribution in [1.29, 1.82) is 5.26 Å². The molecule has 1 aromatic heterocycles. The van der Waals surface area contributed by atoms with Gasteiger partial charge in [-0.15, -0.1) is 0 Å². The molecular weight excluding hydrogens is 352 g/mol. The van der Waals surface area contributed by atoms with E-state index in [0.717, 1.165) is 0 Å². The number of nitrogens with one attached hydrogen (secondary N) is 1. The van der Waals surface area contributed by atoms with Crippen molar-refractivity contribution in [3.8, 4) is 28.3 Å². The number of rotatable bonds is 3. The molecule has 0 amide bonds. The van der Waals surface area contributed by atoms with Gasteiger partial charge in [0.2, 0.25) is 0 Å². The van der Waals surface area contributed by atoms with Gasteiger partial charge in [0.25, 0.3) is 5.56 Å². The third-order valence-corrected chi connectivity index (χ3v) is 4.33. The number of aromatic carboxylic acids is 1. The Morgan fingerprint density at radius 3 is 2.46 bits per heavy atom. The van der Waals surface area contributed by atoms with Crippen molar-refractivity contribution < 1.29 is 9.90 Å². The van der Waals surface area contributed by atoms with Crippen LogP contribution in [0.1, 0.15) is 21.6 Å². The molecule has 0 aliphatic carbocycles. The van der Waals surface area contributed by atoms with Crippen LogP contribution < -0.4 is 5.56 Å².